The molecule has 1 aromatic heterocycles. The first-order chi connectivity index (χ1) is 7.08. The van der Waals surface area contributed by atoms with Gasteiger partial charge < -0.3 is 9.84 Å². The Labute approximate surface area is 93.2 Å². The number of fused-ring (bicyclic) bond motifs is 1. The summed E-state index contributed by atoms with van der Waals surface area (Å²) in [7, 11) is 0. The van der Waals surface area contributed by atoms with E-state index >= 15 is 0 Å². The maximum Gasteiger partial charge on any atom is 0.388 e. The summed E-state index contributed by atoms with van der Waals surface area (Å²) in [6.07, 6.45) is -0.121. The zero-order chi connectivity index (χ0) is 11.0. The molecule has 0 saturated heterocycles. The van der Waals surface area contributed by atoms with Crippen LogP contribution >= 0.6 is 15.9 Å². The SMILES string of the molecule is O[C@H]1c2ccc(OC(F)F)nc2C[C@H]1Br. The van der Waals surface area contributed by atoms with E-state index in [0.717, 1.165) is 0 Å². The highest BCUT2D eigenvalue weighted by molar-refractivity contribution is 9.09. The molecule has 0 unspecified atom stereocenters. The van der Waals surface area contributed by atoms with Crippen LogP contribution in [0, 0.1) is 0 Å². The lowest BCUT2D eigenvalue weighted by molar-refractivity contribution is -0.0529. The summed E-state index contributed by atoms with van der Waals surface area (Å²) in [5.41, 5.74) is 1.26. The lowest BCUT2D eigenvalue weighted by Gasteiger charge is -2.07. The van der Waals surface area contributed by atoms with Gasteiger partial charge in [-0.05, 0) is 6.07 Å². The quantitative estimate of drug-likeness (QED) is 0.843. The van der Waals surface area contributed by atoms with E-state index in [2.05, 4.69) is 25.7 Å². The number of aromatic nitrogens is 1. The summed E-state index contributed by atoms with van der Waals surface area (Å²) < 4.78 is 28.0. The zero-order valence-corrected chi connectivity index (χ0v) is 9.12. The molecule has 1 aliphatic carbocycles. The summed E-state index contributed by atoms with van der Waals surface area (Å²) in [5, 5.41) is 9.65. The Morgan fingerprint density at radius 3 is 2.93 bits per heavy atom. The maximum absolute atomic E-state index is 11.9. The van der Waals surface area contributed by atoms with E-state index in [0.29, 0.717) is 17.7 Å². The first kappa shape index (κ1) is 10.8. The minimum Gasteiger partial charge on any atom is -0.417 e. The molecule has 1 aromatic rings. The van der Waals surface area contributed by atoms with Gasteiger partial charge in [0.15, 0.2) is 0 Å². The minimum absolute atomic E-state index is 0.109. The fourth-order valence-electron chi connectivity index (χ4n) is 1.57. The Hall–Kier alpha value is -0.750. The van der Waals surface area contributed by atoms with E-state index in [1.807, 2.05) is 0 Å². The largest absolute Gasteiger partial charge is 0.417 e. The van der Waals surface area contributed by atoms with Gasteiger partial charge in [-0.1, -0.05) is 15.9 Å². The summed E-state index contributed by atoms with van der Waals surface area (Å²) in [4.78, 5) is 3.79. The van der Waals surface area contributed by atoms with Gasteiger partial charge in [0, 0.05) is 18.1 Å². The first-order valence-electron chi connectivity index (χ1n) is 4.34. The molecule has 15 heavy (non-hydrogen) atoms. The molecule has 2 atom stereocenters. The fraction of sp³-hybridized carbons (Fsp3) is 0.444. The second-order valence-electron chi connectivity index (χ2n) is 3.23. The van der Waals surface area contributed by atoms with Crippen molar-refractivity contribution in [2.45, 2.75) is 24.0 Å². The van der Waals surface area contributed by atoms with Crippen molar-refractivity contribution in [2.75, 3.05) is 0 Å². The monoisotopic (exact) mass is 279 g/mol. The average molecular weight is 280 g/mol. The van der Waals surface area contributed by atoms with Crippen molar-refractivity contribution in [3.05, 3.63) is 23.4 Å². The third-order valence-corrected chi connectivity index (χ3v) is 3.07. The Balaban J connectivity index is 2.25. The van der Waals surface area contributed by atoms with Crippen LogP contribution in [0.2, 0.25) is 0 Å². The number of alkyl halides is 3. The van der Waals surface area contributed by atoms with Crippen molar-refractivity contribution in [3.8, 4) is 5.88 Å². The highest BCUT2D eigenvalue weighted by Gasteiger charge is 2.30. The molecule has 6 heteroatoms. The summed E-state index contributed by atoms with van der Waals surface area (Å²) in [6, 6.07) is 2.89. The Morgan fingerprint density at radius 2 is 2.27 bits per heavy atom. The van der Waals surface area contributed by atoms with Crippen LogP contribution in [0.5, 0.6) is 5.88 Å². The standard InChI is InChI=1S/C9H8BrF2NO2/c10-5-3-6-4(8(5)14)1-2-7(13-6)15-9(11)12/h1-2,5,8-9,14H,3H2/t5-,8+/m1/s1. The average Bonchev–Trinajstić information content (AvgIpc) is 2.41. The number of nitrogens with zero attached hydrogens (tertiary/aromatic N) is 1. The van der Waals surface area contributed by atoms with E-state index in [1.54, 1.807) is 6.07 Å². The number of aliphatic hydroxyl groups excluding tert-OH is 1. The van der Waals surface area contributed by atoms with Crippen molar-refractivity contribution >= 4 is 15.9 Å². The molecule has 0 saturated carbocycles. The molecule has 0 aliphatic heterocycles. The Bertz CT molecular complexity index is 375. The van der Waals surface area contributed by atoms with Crippen LogP contribution in [0.1, 0.15) is 17.4 Å². The number of hydrogen-bond donors (Lipinski definition) is 1. The van der Waals surface area contributed by atoms with Gasteiger partial charge in [0.1, 0.15) is 0 Å². The summed E-state index contributed by atoms with van der Waals surface area (Å²) in [6.45, 7) is -2.87. The van der Waals surface area contributed by atoms with Crippen molar-refractivity contribution < 1.29 is 18.6 Å². The molecule has 0 bridgehead atoms. The number of rotatable bonds is 2. The highest BCUT2D eigenvalue weighted by Crippen LogP contribution is 2.35. The van der Waals surface area contributed by atoms with E-state index in [1.165, 1.54) is 6.07 Å². The molecule has 0 amide bonds. The van der Waals surface area contributed by atoms with Gasteiger partial charge in [0.25, 0.3) is 0 Å². The smallest absolute Gasteiger partial charge is 0.388 e. The van der Waals surface area contributed by atoms with Crippen LogP contribution < -0.4 is 4.74 Å². The molecule has 1 heterocycles. The lowest BCUT2D eigenvalue weighted by atomic mass is 10.2. The zero-order valence-electron chi connectivity index (χ0n) is 7.53. The predicted molar refractivity (Wildman–Crippen MR) is 52.2 cm³/mol. The first-order valence-corrected chi connectivity index (χ1v) is 5.26. The van der Waals surface area contributed by atoms with Crippen molar-refractivity contribution in [1.82, 2.24) is 4.98 Å². The van der Waals surface area contributed by atoms with Crippen LogP contribution in [0.3, 0.4) is 0 Å². The maximum atomic E-state index is 11.9. The van der Waals surface area contributed by atoms with Gasteiger partial charge in [0.05, 0.1) is 16.6 Å². The Morgan fingerprint density at radius 1 is 1.53 bits per heavy atom. The van der Waals surface area contributed by atoms with Gasteiger partial charge in [-0.3, -0.25) is 0 Å². The summed E-state index contributed by atoms with van der Waals surface area (Å²) in [5.74, 6) is -0.113. The number of pyridine rings is 1. The highest BCUT2D eigenvalue weighted by atomic mass is 79.9. The van der Waals surface area contributed by atoms with Crippen LogP contribution in [-0.4, -0.2) is 21.5 Å². The second-order valence-corrected chi connectivity index (χ2v) is 4.41. The van der Waals surface area contributed by atoms with E-state index in [9.17, 15) is 13.9 Å². The van der Waals surface area contributed by atoms with Crippen LogP contribution in [0.15, 0.2) is 12.1 Å². The van der Waals surface area contributed by atoms with Crippen molar-refractivity contribution in [1.29, 1.82) is 0 Å². The molecule has 3 nitrogen and oxygen atoms in total. The lowest BCUT2D eigenvalue weighted by Crippen LogP contribution is -2.04. The molecular weight excluding hydrogens is 272 g/mol. The molecule has 0 spiro atoms. The van der Waals surface area contributed by atoms with Crippen molar-refractivity contribution in [3.63, 3.8) is 0 Å². The number of ether oxygens (including phenoxy) is 1. The van der Waals surface area contributed by atoms with Crippen molar-refractivity contribution in [2.24, 2.45) is 0 Å². The fourth-order valence-corrected chi connectivity index (χ4v) is 2.16. The van der Waals surface area contributed by atoms with Gasteiger partial charge in [-0.15, -0.1) is 0 Å². The molecule has 1 aliphatic rings. The number of halogens is 3. The number of hydrogen-bond acceptors (Lipinski definition) is 3. The van der Waals surface area contributed by atoms with Gasteiger partial charge in [0.2, 0.25) is 5.88 Å². The van der Waals surface area contributed by atoms with Gasteiger partial charge in [-0.2, -0.15) is 8.78 Å². The molecule has 2 rings (SSSR count). The molecule has 82 valence electrons. The molecule has 1 N–H and O–H groups in total. The third kappa shape index (κ3) is 2.10. The molecule has 0 radical (unpaired) electrons. The van der Waals surface area contributed by atoms with Gasteiger partial charge in [-0.25, -0.2) is 4.98 Å². The van der Waals surface area contributed by atoms with Gasteiger partial charge >= 0.3 is 6.61 Å². The molecule has 0 fully saturated rings. The normalized spacial score (nSPS) is 24.3. The molecule has 0 aromatic carbocycles. The van der Waals surface area contributed by atoms with E-state index in [4.69, 9.17) is 0 Å². The van der Waals surface area contributed by atoms with Crippen LogP contribution in [0.4, 0.5) is 8.78 Å². The number of aliphatic hydroxyl groups is 1. The molecular formula is C9H8BrF2NO2. The second kappa shape index (κ2) is 4.02. The minimum atomic E-state index is -2.87. The topological polar surface area (TPSA) is 42.4 Å². The van der Waals surface area contributed by atoms with Crippen LogP contribution in [0.25, 0.3) is 0 Å². The van der Waals surface area contributed by atoms with E-state index < -0.39 is 12.7 Å². The summed E-state index contributed by atoms with van der Waals surface area (Å²) >= 11 is 3.28. The predicted octanol–water partition coefficient (Wildman–Crippen LogP) is 2.04. The Kier molecular flexibility index (Phi) is 2.88. The third-order valence-electron chi connectivity index (χ3n) is 2.24. The van der Waals surface area contributed by atoms with E-state index in [-0.39, 0.29) is 10.7 Å². The van der Waals surface area contributed by atoms with Crippen LogP contribution in [-0.2, 0) is 6.42 Å².